The molecule has 1 atom stereocenters. The number of nitrogens with one attached hydrogen (secondary N) is 1. The molecule has 1 aliphatic rings. The van der Waals surface area contributed by atoms with Crippen LogP contribution in [0.15, 0.2) is 42.7 Å². The van der Waals surface area contributed by atoms with E-state index in [1.165, 1.54) is 11.1 Å². The monoisotopic (exact) mass is 312 g/mol. The minimum Gasteiger partial charge on any atom is -0.357 e. The summed E-state index contributed by atoms with van der Waals surface area (Å²) in [6.07, 6.45) is 5.44. The van der Waals surface area contributed by atoms with E-state index in [4.69, 9.17) is 0 Å². The number of amides is 1. The molecule has 122 valence electrons. The Bertz CT molecular complexity index is 650. The van der Waals surface area contributed by atoms with Crippen LogP contribution in [0.1, 0.15) is 24.0 Å². The van der Waals surface area contributed by atoms with E-state index < -0.39 is 5.54 Å². The minimum absolute atomic E-state index is 0.0369. The van der Waals surface area contributed by atoms with E-state index in [0.717, 1.165) is 25.9 Å². The summed E-state index contributed by atoms with van der Waals surface area (Å²) in [5, 5.41) is 7.19. The molecule has 1 aliphatic heterocycles. The lowest BCUT2D eigenvalue weighted by molar-refractivity contribution is -0.133. The third-order valence-electron chi connectivity index (χ3n) is 4.67. The Hall–Kier alpha value is -2.14. The second-order valence-corrected chi connectivity index (χ2v) is 6.36. The molecule has 1 unspecified atom stereocenters. The molecule has 2 aromatic rings. The van der Waals surface area contributed by atoms with Crippen molar-refractivity contribution in [3.8, 4) is 0 Å². The van der Waals surface area contributed by atoms with Crippen molar-refractivity contribution in [1.29, 1.82) is 0 Å². The zero-order valence-corrected chi connectivity index (χ0v) is 13.8. The molecule has 0 radical (unpaired) electrons. The van der Waals surface area contributed by atoms with E-state index in [1.807, 2.05) is 16.9 Å². The fraction of sp³-hybridized carbons (Fsp3) is 0.444. The molecular weight excluding hydrogens is 288 g/mol. The Kier molecular flexibility index (Phi) is 4.48. The predicted octanol–water partition coefficient (Wildman–Crippen LogP) is 1.93. The molecular formula is C18H24N4O. The zero-order valence-electron chi connectivity index (χ0n) is 13.8. The molecule has 1 amide bonds. The van der Waals surface area contributed by atoms with Crippen molar-refractivity contribution in [3.63, 3.8) is 0 Å². The number of carbonyl (C=O) groups excluding carboxylic acids is 1. The molecule has 5 nitrogen and oxygen atoms in total. The Morgan fingerprint density at radius 2 is 2.13 bits per heavy atom. The standard InChI is InChI=1S/C18H24N4O/c1-15-5-7-16(8-6-15)13-21-11-3-9-18(14-21,17(23)19-2)22-12-4-10-20-22/h4-8,10,12H,3,9,11,13-14H2,1-2H3,(H,19,23). The number of carbonyl (C=O) groups is 1. The van der Waals surface area contributed by atoms with Crippen LogP contribution in [0, 0.1) is 6.92 Å². The summed E-state index contributed by atoms with van der Waals surface area (Å²) in [5.74, 6) is 0.0369. The van der Waals surface area contributed by atoms with Gasteiger partial charge < -0.3 is 5.32 Å². The van der Waals surface area contributed by atoms with Crippen molar-refractivity contribution in [2.45, 2.75) is 31.8 Å². The van der Waals surface area contributed by atoms with Crippen LogP contribution in [0.2, 0.25) is 0 Å². The lowest BCUT2D eigenvalue weighted by Crippen LogP contribution is -2.57. The van der Waals surface area contributed by atoms with Crippen molar-refractivity contribution in [2.75, 3.05) is 20.1 Å². The van der Waals surface area contributed by atoms with Crippen molar-refractivity contribution >= 4 is 5.91 Å². The zero-order chi connectivity index (χ0) is 16.3. The first-order chi connectivity index (χ1) is 11.1. The van der Waals surface area contributed by atoms with Gasteiger partial charge in [0.05, 0.1) is 0 Å². The highest BCUT2D eigenvalue weighted by Gasteiger charge is 2.43. The molecule has 0 saturated carbocycles. The summed E-state index contributed by atoms with van der Waals surface area (Å²) < 4.78 is 1.83. The Morgan fingerprint density at radius 3 is 2.78 bits per heavy atom. The van der Waals surface area contributed by atoms with Crippen LogP contribution in [-0.4, -0.2) is 40.7 Å². The van der Waals surface area contributed by atoms with Crippen LogP contribution >= 0.6 is 0 Å². The first kappa shape index (κ1) is 15.7. The summed E-state index contributed by atoms with van der Waals surface area (Å²) >= 11 is 0. The van der Waals surface area contributed by atoms with Crippen LogP contribution in [0.25, 0.3) is 0 Å². The largest absolute Gasteiger partial charge is 0.357 e. The van der Waals surface area contributed by atoms with Crippen molar-refractivity contribution in [3.05, 3.63) is 53.9 Å². The molecule has 0 aliphatic carbocycles. The summed E-state index contributed by atoms with van der Waals surface area (Å²) in [4.78, 5) is 15.0. The van der Waals surface area contributed by atoms with E-state index in [9.17, 15) is 4.79 Å². The van der Waals surface area contributed by atoms with E-state index >= 15 is 0 Å². The number of nitrogens with zero attached hydrogens (tertiary/aromatic N) is 3. The van der Waals surface area contributed by atoms with Gasteiger partial charge in [-0.2, -0.15) is 5.10 Å². The van der Waals surface area contributed by atoms with Crippen LogP contribution in [0.5, 0.6) is 0 Å². The van der Waals surface area contributed by atoms with Gasteiger partial charge in [-0.1, -0.05) is 29.8 Å². The molecule has 23 heavy (non-hydrogen) atoms. The number of hydrogen-bond acceptors (Lipinski definition) is 3. The molecule has 1 fully saturated rings. The molecule has 2 heterocycles. The van der Waals surface area contributed by atoms with Gasteiger partial charge in [0, 0.05) is 32.5 Å². The van der Waals surface area contributed by atoms with Crippen LogP contribution in [0.4, 0.5) is 0 Å². The second-order valence-electron chi connectivity index (χ2n) is 6.36. The summed E-state index contributed by atoms with van der Waals surface area (Å²) in [6.45, 7) is 4.65. The Labute approximate surface area is 137 Å². The maximum Gasteiger partial charge on any atom is 0.249 e. The molecule has 0 bridgehead atoms. The van der Waals surface area contributed by atoms with Gasteiger partial charge in [0.1, 0.15) is 0 Å². The second kappa shape index (κ2) is 6.54. The third-order valence-corrected chi connectivity index (χ3v) is 4.67. The Morgan fingerprint density at radius 1 is 1.35 bits per heavy atom. The summed E-state index contributed by atoms with van der Waals surface area (Å²) in [6, 6.07) is 10.5. The average molecular weight is 312 g/mol. The number of hydrogen-bond donors (Lipinski definition) is 1. The van der Waals surface area contributed by atoms with E-state index in [-0.39, 0.29) is 5.91 Å². The fourth-order valence-electron chi connectivity index (χ4n) is 3.44. The molecule has 1 N–H and O–H groups in total. The molecule has 0 spiro atoms. The number of aryl methyl sites for hydroxylation is 1. The van der Waals surface area contributed by atoms with Gasteiger partial charge in [0.25, 0.3) is 0 Å². The van der Waals surface area contributed by atoms with Gasteiger partial charge in [0.2, 0.25) is 5.91 Å². The lowest BCUT2D eigenvalue weighted by Gasteiger charge is -2.41. The van der Waals surface area contributed by atoms with Crippen LogP contribution < -0.4 is 5.32 Å². The van der Waals surface area contributed by atoms with E-state index in [1.54, 1.807) is 13.2 Å². The SMILES string of the molecule is CNC(=O)C1(n2cccn2)CCCN(Cc2ccc(C)cc2)C1. The molecule has 3 rings (SSSR count). The normalized spacial score (nSPS) is 22.0. The quantitative estimate of drug-likeness (QED) is 0.938. The van der Waals surface area contributed by atoms with Gasteiger partial charge in [0.15, 0.2) is 5.54 Å². The number of likely N-dealkylation sites (N-methyl/N-ethyl adjacent to an activating group) is 1. The third kappa shape index (κ3) is 3.15. The van der Waals surface area contributed by atoms with Gasteiger partial charge in [-0.25, -0.2) is 0 Å². The average Bonchev–Trinajstić information content (AvgIpc) is 3.11. The Balaban J connectivity index is 1.82. The highest BCUT2D eigenvalue weighted by Crippen LogP contribution is 2.29. The first-order valence-corrected chi connectivity index (χ1v) is 8.14. The van der Waals surface area contributed by atoms with Crippen LogP contribution in [0.3, 0.4) is 0 Å². The highest BCUT2D eigenvalue weighted by molar-refractivity contribution is 5.84. The number of aromatic nitrogens is 2. The van der Waals surface area contributed by atoms with Gasteiger partial charge in [-0.05, 0) is 37.9 Å². The van der Waals surface area contributed by atoms with Gasteiger partial charge in [-0.3, -0.25) is 14.4 Å². The van der Waals surface area contributed by atoms with Gasteiger partial charge >= 0.3 is 0 Å². The highest BCUT2D eigenvalue weighted by atomic mass is 16.2. The number of rotatable bonds is 4. The van der Waals surface area contributed by atoms with Crippen molar-refractivity contribution in [1.82, 2.24) is 20.0 Å². The molecule has 1 aromatic heterocycles. The smallest absolute Gasteiger partial charge is 0.249 e. The van der Waals surface area contributed by atoms with Gasteiger partial charge in [-0.15, -0.1) is 0 Å². The summed E-state index contributed by atoms with van der Waals surface area (Å²) in [5.41, 5.74) is 1.94. The lowest BCUT2D eigenvalue weighted by atomic mass is 9.87. The topological polar surface area (TPSA) is 50.2 Å². The molecule has 1 aromatic carbocycles. The van der Waals surface area contributed by atoms with Crippen molar-refractivity contribution < 1.29 is 4.79 Å². The predicted molar refractivity (Wildman–Crippen MR) is 90.0 cm³/mol. The number of likely N-dealkylation sites (tertiary alicyclic amines) is 1. The molecule has 1 saturated heterocycles. The maximum absolute atomic E-state index is 12.6. The van der Waals surface area contributed by atoms with Crippen molar-refractivity contribution in [2.24, 2.45) is 0 Å². The minimum atomic E-state index is -0.610. The molecule has 5 heteroatoms. The number of benzene rings is 1. The first-order valence-electron chi connectivity index (χ1n) is 8.14. The summed E-state index contributed by atoms with van der Waals surface area (Å²) in [7, 11) is 1.70. The van der Waals surface area contributed by atoms with E-state index in [2.05, 4.69) is 46.5 Å². The maximum atomic E-state index is 12.6. The van der Waals surface area contributed by atoms with E-state index in [0.29, 0.717) is 6.54 Å². The number of piperidine rings is 1. The van der Waals surface area contributed by atoms with Crippen LogP contribution in [-0.2, 0) is 16.9 Å². The fourth-order valence-corrected chi connectivity index (χ4v) is 3.44.